The summed E-state index contributed by atoms with van der Waals surface area (Å²) in [7, 11) is 1.83. The molecule has 0 aliphatic carbocycles. The Bertz CT molecular complexity index is 521. The number of hydrogen-bond acceptors (Lipinski definition) is 4. The number of halogens is 2. The van der Waals surface area contributed by atoms with E-state index in [-0.39, 0.29) is 24.0 Å². The van der Waals surface area contributed by atoms with E-state index in [1.807, 2.05) is 7.05 Å². The lowest BCUT2D eigenvalue weighted by molar-refractivity contribution is 0.00752. The van der Waals surface area contributed by atoms with E-state index in [4.69, 9.17) is 4.74 Å². The van der Waals surface area contributed by atoms with E-state index in [1.54, 1.807) is 11.3 Å². The number of rotatable bonds is 7. The fourth-order valence-corrected chi connectivity index (χ4v) is 4.39. The van der Waals surface area contributed by atoms with Crippen molar-refractivity contribution in [3.05, 3.63) is 20.8 Å². The lowest BCUT2D eigenvalue weighted by Gasteiger charge is -2.37. The first kappa shape index (κ1) is 23.1. The second-order valence-corrected chi connectivity index (χ2v) is 8.84. The van der Waals surface area contributed by atoms with Gasteiger partial charge in [-0.1, -0.05) is 13.8 Å². The summed E-state index contributed by atoms with van der Waals surface area (Å²) in [5.74, 6) is 1.47. The number of ether oxygens (including phenoxy) is 1. The molecule has 1 atom stereocenters. The van der Waals surface area contributed by atoms with Crippen molar-refractivity contribution in [2.24, 2.45) is 10.9 Å². The minimum absolute atomic E-state index is 0. The van der Waals surface area contributed by atoms with Crippen LogP contribution in [-0.4, -0.2) is 63.3 Å². The van der Waals surface area contributed by atoms with Crippen LogP contribution in [0.5, 0.6) is 0 Å². The highest BCUT2D eigenvalue weighted by molar-refractivity contribution is 14.0. The van der Waals surface area contributed by atoms with Gasteiger partial charge in [-0.15, -0.1) is 35.3 Å². The number of thiophene rings is 1. The van der Waals surface area contributed by atoms with Gasteiger partial charge in [0, 0.05) is 44.1 Å². The normalized spacial score (nSPS) is 17.2. The van der Waals surface area contributed by atoms with Crippen molar-refractivity contribution >= 4 is 57.2 Å². The van der Waals surface area contributed by atoms with Crippen molar-refractivity contribution in [1.82, 2.24) is 15.5 Å². The van der Waals surface area contributed by atoms with E-state index in [0.717, 1.165) is 51.8 Å². The van der Waals surface area contributed by atoms with Gasteiger partial charge in [0.2, 0.25) is 0 Å². The first-order valence-electron chi connectivity index (χ1n) is 8.60. The Kier molecular flexibility index (Phi) is 11.6. The van der Waals surface area contributed by atoms with E-state index < -0.39 is 0 Å². The van der Waals surface area contributed by atoms with E-state index in [9.17, 15) is 0 Å². The number of guanidine groups is 1. The summed E-state index contributed by atoms with van der Waals surface area (Å²) >= 11 is 5.29. The molecular formula is C17H30BrIN4OS. The Morgan fingerprint density at radius 2 is 2.04 bits per heavy atom. The van der Waals surface area contributed by atoms with Gasteiger partial charge in [-0.2, -0.15) is 0 Å². The van der Waals surface area contributed by atoms with Crippen LogP contribution in [0.2, 0.25) is 0 Å². The van der Waals surface area contributed by atoms with Gasteiger partial charge < -0.3 is 15.4 Å². The summed E-state index contributed by atoms with van der Waals surface area (Å²) in [5, 5.41) is 6.90. The second-order valence-electron chi connectivity index (χ2n) is 6.30. The van der Waals surface area contributed by atoms with Crippen LogP contribution >= 0.6 is 51.2 Å². The maximum absolute atomic E-state index is 5.47. The van der Waals surface area contributed by atoms with Crippen LogP contribution in [-0.2, 0) is 11.2 Å². The molecule has 2 heterocycles. The Morgan fingerprint density at radius 3 is 2.60 bits per heavy atom. The topological polar surface area (TPSA) is 48.9 Å². The van der Waals surface area contributed by atoms with E-state index in [2.05, 4.69) is 62.4 Å². The molecule has 1 unspecified atom stereocenters. The number of nitrogens with one attached hydrogen (secondary N) is 2. The van der Waals surface area contributed by atoms with Crippen LogP contribution in [0.15, 0.2) is 20.9 Å². The number of hydrogen-bond donors (Lipinski definition) is 2. The highest BCUT2D eigenvalue weighted by atomic mass is 127. The minimum Gasteiger partial charge on any atom is -0.379 e. The molecule has 0 spiro atoms. The van der Waals surface area contributed by atoms with Crippen molar-refractivity contribution in [2.75, 3.05) is 46.4 Å². The molecule has 2 N–H and O–H groups in total. The highest BCUT2D eigenvalue weighted by Crippen LogP contribution is 2.22. The summed E-state index contributed by atoms with van der Waals surface area (Å²) < 4.78 is 6.66. The molecule has 8 heteroatoms. The molecule has 25 heavy (non-hydrogen) atoms. The zero-order valence-electron chi connectivity index (χ0n) is 15.3. The lowest BCUT2D eigenvalue weighted by Crippen LogP contribution is -2.52. The van der Waals surface area contributed by atoms with Crippen LogP contribution < -0.4 is 10.6 Å². The van der Waals surface area contributed by atoms with Crippen LogP contribution in [0.3, 0.4) is 0 Å². The SMILES string of the molecule is CN=C(NCCc1ccc(Br)s1)NCC(C(C)C)N1CCOCC1.I. The molecule has 144 valence electrons. The molecule has 2 rings (SSSR count). The van der Waals surface area contributed by atoms with Crippen LogP contribution in [0, 0.1) is 5.92 Å². The molecule has 0 amide bonds. The summed E-state index contributed by atoms with van der Waals surface area (Å²) in [6.07, 6.45) is 1.01. The average Bonchev–Trinajstić information content (AvgIpc) is 2.99. The van der Waals surface area contributed by atoms with Crippen molar-refractivity contribution in [2.45, 2.75) is 26.3 Å². The third kappa shape index (κ3) is 8.11. The maximum atomic E-state index is 5.47. The van der Waals surface area contributed by atoms with Gasteiger partial charge in [0.05, 0.1) is 17.0 Å². The number of nitrogens with zero attached hydrogens (tertiary/aromatic N) is 2. The van der Waals surface area contributed by atoms with Gasteiger partial charge in [0.1, 0.15) is 0 Å². The Morgan fingerprint density at radius 1 is 1.32 bits per heavy atom. The molecule has 0 bridgehead atoms. The molecule has 0 aromatic carbocycles. The van der Waals surface area contributed by atoms with Gasteiger partial charge in [0.25, 0.3) is 0 Å². The molecule has 5 nitrogen and oxygen atoms in total. The predicted octanol–water partition coefficient (Wildman–Crippen LogP) is 3.19. The second kappa shape index (κ2) is 12.5. The average molecular weight is 545 g/mol. The highest BCUT2D eigenvalue weighted by Gasteiger charge is 2.23. The molecule has 1 fully saturated rings. The van der Waals surface area contributed by atoms with E-state index >= 15 is 0 Å². The van der Waals surface area contributed by atoms with Gasteiger partial charge in [-0.05, 0) is 40.4 Å². The fourth-order valence-electron chi connectivity index (χ4n) is 2.91. The molecule has 1 aromatic rings. The van der Waals surface area contributed by atoms with Crippen molar-refractivity contribution < 1.29 is 4.74 Å². The summed E-state index contributed by atoms with van der Waals surface area (Å²) in [4.78, 5) is 8.24. The predicted molar refractivity (Wildman–Crippen MR) is 122 cm³/mol. The van der Waals surface area contributed by atoms with Crippen molar-refractivity contribution in [3.8, 4) is 0 Å². The van der Waals surface area contributed by atoms with Gasteiger partial charge in [-0.3, -0.25) is 9.89 Å². The number of morpholine rings is 1. The van der Waals surface area contributed by atoms with Crippen LogP contribution in [0.1, 0.15) is 18.7 Å². The largest absolute Gasteiger partial charge is 0.379 e. The zero-order chi connectivity index (χ0) is 17.4. The summed E-state index contributed by atoms with van der Waals surface area (Å²) in [5.41, 5.74) is 0. The quantitative estimate of drug-likeness (QED) is 0.314. The van der Waals surface area contributed by atoms with Crippen molar-refractivity contribution in [3.63, 3.8) is 0 Å². The minimum atomic E-state index is 0. The maximum Gasteiger partial charge on any atom is 0.191 e. The summed E-state index contributed by atoms with van der Waals surface area (Å²) in [6, 6.07) is 4.77. The molecule has 1 saturated heterocycles. The fraction of sp³-hybridized carbons (Fsp3) is 0.706. The third-order valence-electron chi connectivity index (χ3n) is 4.28. The lowest BCUT2D eigenvalue weighted by atomic mass is 10.0. The van der Waals surface area contributed by atoms with Gasteiger partial charge in [-0.25, -0.2) is 0 Å². The monoisotopic (exact) mass is 544 g/mol. The Labute approximate surface area is 181 Å². The van der Waals surface area contributed by atoms with Crippen LogP contribution in [0.4, 0.5) is 0 Å². The zero-order valence-corrected chi connectivity index (χ0v) is 20.0. The first-order chi connectivity index (χ1) is 11.6. The first-order valence-corrected chi connectivity index (χ1v) is 10.2. The molecule has 1 aromatic heterocycles. The standard InChI is InChI=1S/C17H29BrN4OS.HI/c1-13(2)15(22-8-10-23-11-9-22)12-21-17(19-3)20-7-6-14-4-5-16(18)24-14;/h4-5,13,15H,6-12H2,1-3H3,(H2,19,20,21);1H. The van der Waals surface area contributed by atoms with Gasteiger partial charge in [0.15, 0.2) is 5.96 Å². The molecular weight excluding hydrogens is 515 g/mol. The third-order valence-corrected chi connectivity index (χ3v) is 5.96. The molecule has 1 aliphatic heterocycles. The van der Waals surface area contributed by atoms with E-state index in [0.29, 0.717) is 12.0 Å². The Hall–Kier alpha value is 0.1000. The van der Waals surface area contributed by atoms with Crippen molar-refractivity contribution in [1.29, 1.82) is 0 Å². The Balaban J connectivity index is 0.00000312. The van der Waals surface area contributed by atoms with E-state index in [1.165, 1.54) is 8.66 Å². The molecule has 1 aliphatic rings. The molecule has 0 radical (unpaired) electrons. The number of aliphatic imine (C=N–C) groups is 1. The van der Waals surface area contributed by atoms with Crippen LogP contribution in [0.25, 0.3) is 0 Å². The summed E-state index contributed by atoms with van der Waals surface area (Å²) in [6.45, 7) is 10.1. The van der Waals surface area contributed by atoms with Gasteiger partial charge >= 0.3 is 0 Å². The smallest absolute Gasteiger partial charge is 0.191 e. The molecule has 0 saturated carbocycles.